The molecule has 146 valence electrons. The van der Waals surface area contributed by atoms with Crippen molar-refractivity contribution >= 4 is 22.6 Å². The van der Waals surface area contributed by atoms with Crippen LogP contribution in [0, 0.1) is 33.5 Å². The third-order valence-electron chi connectivity index (χ3n) is 5.09. The van der Waals surface area contributed by atoms with Gasteiger partial charge >= 0.3 is 0 Å². The molecule has 0 fully saturated rings. The number of amides is 1. The summed E-state index contributed by atoms with van der Waals surface area (Å²) in [5.74, 6) is -0.583. The van der Waals surface area contributed by atoms with Gasteiger partial charge in [0.2, 0.25) is 0 Å². The first-order valence-corrected chi connectivity index (χ1v) is 9.35. The predicted molar refractivity (Wildman–Crippen MR) is 112 cm³/mol. The van der Waals surface area contributed by atoms with E-state index in [1.54, 1.807) is 22.9 Å². The Labute approximate surface area is 168 Å². The third-order valence-corrected chi connectivity index (χ3v) is 5.09. The van der Waals surface area contributed by atoms with Crippen LogP contribution in [-0.4, -0.2) is 20.7 Å². The first kappa shape index (κ1) is 18.8. The Morgan fingerprint density at radius 3 is 2.55 bits per heavy atom. The minimum absolute atomic E-state index is 0.226. The van der Waals surface area contributed by atoms with E-state index in [4.69, 9.17) is 0 Å². The minimum Gasteiger partial charge on any atom is -0.322 e. The van der Waals surface area contributed by atoms with Gasteiger partial charge in [-0.2, -0.15) is 5.10 Å². The SMILES string of the molecule is Cc1cc(C(=O)Nc2cccc(C)c2C)c2c(C)nn(-c3cccc(F)c3)c2n1. The topological polar surface area (TPSA) is 59.8 Å². The van der Waals surface area contributed by atoms with Gasteiger partial charge in [0.25, 0.3) is 5.91 Å². The fourth-order valence-electron chi connectivity index (χ4n) is 3.46. The van der Waals surface area contributed by atoms with Crippen LogP contribution >= 0.6 is 0 Å². The molecule has 4 rings (SSSR count). The van der Waals surface area contributed by atoms with Crippen LogP contribution < -0.4 is 5.32 Å². The number of nitrogens with zero attached hydrogens (tertiary/aromatic N) is 3. The highest BCUT2D eigenvalue weighted by Crippen LogP contribution is 2.27. The molecule has 0 aliphatic carbocycles. The smallest absolute Gasteiger partial charge is 0.256 e. The van der Waals surface area contributed by atoms with E-state index in [0.717, 1.165) is 16.8 Å². The van der Waals surface area contributed by atoms with Crippen molar-refractivity contribution < 1.29 is 9.18 Å². The molecule has 1 N–H and O–H groups in total. The van der Waals surface area contributed by atoms with E-state index < -0.39 is 0 Å². The number of aryl methyl sites for hydroxylation is 3. The fourth-order valence-corrected chi connectivity index (χ4v) is 3.46. The van der Waals surface area contributed by atoms with Crippen LogP contribution in [0.25, 0.3) is 16.7 Å². The second kappa shape index (κ2) is 7.13. The molecule has 0 radical (unpaired) electrons. The van der Waals surface area contributed by atoms with Crippen LogP contribution in [0.3, 0.4) is 0 Å². The molecule has 0 aliphatic rings. The molecule has 29 heavy (non-hydrogen) atoms. The van der Waals surface area contributed by atoms with Crippen molar-refractivity contribution in [2.75, 3.05) is 5.32 Å². The lowest BCUT2D eigenvalue weighted by Crippen LogP contribution is -2.14. The van der Waals surface area contributed by atoms with E-state index >= 15 is 0 Å². The van der Waals surface area contributed by atoms with Crippen LogP contribution in [-0.2, 0) is 0 Å². The summed E-state index contributed by atoms with van der Waals surface area (Å²) in [6, 6.07) is 13.7. The predicted octanol–water partition coefficient (Wildman–Crippen LogP) is 5.05. The molecule has 1 amide bonds. The Hall–Kier alpha value is -3.54. The van der Waals surface area contributed by atoms with Crippen LogP contribution in [0.4, 0.5) is 10.1 Å². The second-order valence-electron chi connectivity index (χ2n) is 7.19. The number of pyridine rings is 1. The van der Waals surface area contributed by atoms with Gasteiger partial charge in [-0.05, 0) is 69.2 Å². The van der Waals surface area contributed by atoms with Gasteiger partial charge in [0.15, 0.2) is 5.65 Å². The summed E-state index contributed by atoms with van der Waals surface area (Å²) in [5, 5.41) is 8.20. The van der Waals surface area contributed by atoms with Crippen molar-refractivity contribution in [3.8, 4) is 5.69 Å². The molecule has 2 aromatic heterocycles. The maximum Gasteiger partial charge on any atom is 0.256 e. The number of nitrogens with one attached hydrogen (secondary N) is 1. The molecular weight excluding hydrogens is 367 g/mol. The zero-order valence-corrected chi connectivity index (χ0v) is 16.7. The number of halogens is 1. The lowest BCUT2D eigenvalue weighted by atomic mass is 10.1. The summed E-state index contributed by atoms with van der Waals surface area (Å²) in [6.45, 7) is 7.63. The third kappa shape index (κ3) is 3.38. The van der Waals surface area contributed by atoms with Crippen molar-refractivity contribution in [3.63, 3.8) is 0 Å². The van der Waals surface area contributed by atoms with Gasteiger partial charge < -0.3 is 5.32 Å². The lowest BCUT2D eigenvalue weighted by molar-refractivity contribution is 0.102. The van der Waals surface area contributed by atoms with Crippen molar-refractivity contribution in [1.82, 2.24) is 14.8 Å². The molecule has 5 nitrogen and oxygen atoms in total. The molecule has 6 heteroatoms. The van der Waals surface area contributed by atoms with Gasteiger partial charge in [0.1, 0.15) is 5.82 Å². The Morgan fingerprint density at radius 1 is 1.03 bits per heavy atom. The number of benzene rings is 2. The number of aromatic nitrogens is 3. The molecule has 2 aromatic carbocycles. The van der Waals surface area contributed by atoms with Crippen LogP contribution in [0.15, 0.2) is 48.5 Å². The number of anilines is 1. The average molecular weight is 388 g/mol. The van der Waals surface area contributed by atoms with Crippen molar-refractivity contribution in [2.24, 2.45) is 0 Å². The van der Waals surface area contributed by atoms with Gasteiger partial charge in [0.05, 0.1) is 22.3 Å². The zero-order valence-electron chi connectivity index (χ0n) is 16.7. The Morgan fingerprint density at radius 2 is 1.79 bits per heavy atom. The van der Waals surface area contributed by atoms with Crippen molar-refractivity contribution in [3.05, 3.63) is 82.4 Å². The molecule has 0 bridgehead atoms. The second-order valence-corrected chi connectivity index (χ2v) is 7.19. The summed E-state index contributed by atoms with van der Waals surface area (Å²) in [7, 11) is 0. The van der Waals surface area contributed by atoms with Crippen molar-refractivity contribution in [1.29, 1.82) is 0 Å². The molecule has 0 unspecified atom stereocenters. The first-order valence-electron chi connectivity index (χ1n) is 9.35. The van der Waals surface area contributed by atoms with E-state index in [1.807, 2.05) is 45.9 Å². The van der Waals surface area contributed by atoms with Gasteiger partial charge in [0, 0.05) is 11.4 Å². The molecule has 0 saturated carbocycles. The van der Waals surface area contributed by atoms with Gasteiger partial charge in [-0.1, -0.05) is 18.2 Å². The van der Waals surface area contributed by atoms with E-state index in [-0.39, 0.29) is 11.7 Å². The zero-order chi connectivity index (χ0) is 20.7. The Balaban J connectivity index is 1.85. The number of carbonyl (C=O) groups excluding carboxylic acids is 1. The minimum atomic E-state index is -0.357. The van der Waals surface area contributed by atoms with E-state index in [2.05, 4.69) is 15.4 Å². The summed E-state index contributed by atoms with van der Waals surface area (Å²) in [5.41, 5.74) is 5.82. The molecule has 0 atom stereocenters. The summed E-state index contributed by atoms with van der Waals surface area (Å²) in [4.78, 5) is 17.7. The highest BCUT2D eigenvalue weighted by atomic mass is 19.1. The Bertz CT molecular complexity index is 1260. The quantitative estimate of drug-likeness (QED) is 0.534. The maximum atomic E-state index is 13.7. The number of rotatable bonds is 3. The summed E-state index contributed by atoms with van der Waals surface area (Å²) in [6.07, 6.45) is 0. The van der Waals surface area contributed by atoms with Crippen molar-refractivity contribution in [2.45, 2.75) is 27.7 Å². The monoisotopic (exact) mass is 388 g/mol. The van der Waals surface area contributed by atoms with Gasteiger partial charge in [-0.3, -0.25) is 4.79 Å². The van der Waals surface area contributed by atoms with Gasteiger partial charge in [-0.15, -0.1) is 0 Å². The standard InChI is InChI=1S/C23H21FN4O/c1-13-7-5-10-20(15(13)3)26-23(29)19-11-14(2)25-22-21(19)16(4)27-28(22)18-9-6-8-17(24)12-18/h5-12H,1-4H3,(H,26,29). The molecule has 0 spiro atoms. The van der Waals surface area contributed by atoms with E-state index in [9.17, 15) is 9.18 Å². The number of hydrogen-bond acceptors (Lipinski definition) is 3. The summed E-state index contributed by atoms with van der Waals surface area (Å²) < 4.78 is 15.3. The van der Waals surface area contributed by atoms with Gasteiger partial charge in [-0.25, -0.2) is 14.1 Å². The van der Waals surface area contributed by atoms with Crippen LogP contribution in [0.2, 0.25) is 0 Å². The average Bonchev–Trinajstić information content (AvgIpc) is 3.01. The Kier molecular flexibility index (Phi) is 4.62. The maximum absolute atomic E-state index is 13.7. The highest BCUT2D eigenvalue weighted by molar-refractivity contribution is 6.13. The molecule has 4 aromatic rings. The number of fused-ring (bicyclic) bond motifs is 1. The molecule has 0 aliphatic heterocycles. The fraction of sp³-hybridized carbons (Fsp3) is 0.174. The largest absolute Gasteiger partial charge is 0.322 e. The normalized spacial score (nSPS) is 11.1. The van der Waals surface area contributed by atoms with Crippen LogP contribution in [0.5, 0.6) is 0 Å². The molecular formula is C23H21FN4O. The first-order chi connectivity index (χ1) is 13.8. The number of hydrogen-bond donors (Lipinski definition) is 1. The number of carbonyl (C=O) groups is 1. The van der Waals surface area contributed by atoms with E-state index in [1.165, 1.54) is 12.1 Å². The molecule has 2 heterocycles. The molecule has 0 saturated heterocycles. The summed E-state index contributed by atoms with van der Waals surface area (Å²) >= 11 is 0. The highest BCUT2D eigenvalue weighted by Gasteiger charge is 2.20. The van der Waals surface area contributed by atoms with Crippen LogP contribution in [0.1, 0.15) is 32.9 Å². The van der Waals surface area contributed by atoms with E-state index in [0.29, 0.717) is 33.7 Å². The lowest BCUT2D eigenvalue weighted by Gasteiger charge is -2.12.